The fourth-order valence-corrected chi connectivity index (χ4v) is 4.37. The summed E-state index contributed by atoms with van der Waals surface area (Å²) in [4.78, 5) is 4.19. The van der Waals surface area contributed by atoms with Gasteiger partial charge < -0.3 is 0 Å². The lowest BCUT2D eigenvalue weighted by molar-refractivity contribution is 0.315. The van der Waals surface area contributed by atoms with Crippen LogP contribution in [-0.2, 0) is 16.6 Å². The van der Waals surface area contributed by atoms with Gasteiger partial charge in [0.1, 0.15) is 10.4 Å². The van der Waals surface area contributed by atoms with Crippen molar-refractivity contribution < 1.29 is 13.0 Å². The van der Waals surface area contributed by atoms with Crippen LogP contribution in [0.1, 0.15) is 18.4 Å². The van der Waals surface area contributed by atoms with Gasteiger partial charge in [-0.3, -0.25) is 4.98 Å². The Balaban J connectivity index is 1.77. The number of rotatable bonds is 5. The van der Waals surface area contributed by atoms with E-state index >= 15 is 0 Å². The van der Waals surface area contributed by atoms with E-state index in [0.717, 1.165) is 18.4 Å². The first-order valence-corrected chi connectivity index (χ1v) is 8.72. The molecule has 0 amide bonds. The zero-order valence-electron chi connectivity index (χ0n) is 12.2. The van der Waals surface area contributed by atoms with Crippen LogP contribution in [-0.4, -0.2) is 34.1 Å². The summed E-state index contributed by atoms with van der Waals surface area (Å²) in [6.07, 6.45) is 5.09. The van der Waals surface area contributed by atoms with Gasteiger partial charge in [0.25, 0.3) is 0 Å². The highest BCUT2D eigenvalue weighted by atomic mass is 32.2. The molecule has 1 saturated carbocycles. The number of benzene rings is 1. The SMILES string of the molecule is O=S(=O)(c1cccc2nonc12)N(Cc1cccnc1)C1CC1. The summed E-state index contributed by atoms with van der Waals surface area (Å²) in [5.41, 5.74) is 1.56. The summed E-state index contributed by atoms with van der Waals surface area (Å²) in [6.45, 7) is 0.294. The maximum absolute atomic E-state index is 13.1. The van der Waals surface area contributed by atoms with Crippen LogP contribution in [0.2, 0.25) is 0 Å². The summed E-state index contributed by atoms with van der Waals surface area (Å²) < 4.78 is 32.5. The van der Waals surface area contributed by atoms with Gasteiger partial charge in [-0.05, 0) is 46.9 Å². The molecule has 8 heteroatoms. The molecule has 118 valence electrons. The summed E-state index contributed by atoms with van der Waals surface area (Å²) in [5, 5.41) is 7.47. The Morgan fingerprint density at radius 3 is 2.78 bits per heavy atom. The molecule has 0 N–H and O–H groups in total. The van der Waals surface area contributed by atoms with Crippen LogP contribution in [0.5, 0.6) is 0 Å². The molecule has 23 heavy (non-hydrogen) atoms. The topological polar surface area (TPSA) is 89.2 Å². The summed E-state index contributed by atoms with van der Waals surface area (Å²) in [5.74, 6) is 0. The first-order chi connectivity index (χ1) is 11.2. The predicted molar refractivity (Wildman–Crippen MR) is 81.8 cm³/mol. The van der Waals surface area contributed by atoms with Gasteiger partial charge in [-0.1, -0.05) is 12.1 Å². The molecule has 0 unspecified atom stereocenters. The van der Waals surface area contributed by atoms with Crippen molar-refractivity contribution in [2.24, 2.45) is 0 Å². The molecule has 4 rings (SSSR count). The zero-order chi connectivity index (χ0) is 15.9. The maximum Gasteiger partial charge on any atom is 0.245 e. The molecule has 1 fully saturated rings. The minimum absolute atomic E-state index is 0.0234. The van der Waals surface area contributed by atoms with Crippen LogP contribution in [0.15, 0.2) is 52.3 Å². The summed E-state index contributed by atoms with van der Waals surface area (Å²) in [7, 11) is -3.69. The molecule has 0 bridgehead atoms. The Labute approximate surface area is 133 Å². The van der Waals surface area contributed by atoms with Crippen molar-refractivity contribution >= 4 is 21.1 Å². The van der Waals surface area contributed by atoms with Crippen LogP contribution in [0.25, 0.3) is 11.0 Å². The normalized spacial score (nSPS) is 15.3. The minimum Gasteiger partial charge on any atom is -0.264 e. The predicted octanol–water partition coefficient (Wildman–Crippen LogP) is 1.97. The van der Waals surface area contributed by atoms with Gasteiger partial charge in [-0.2, -0.15) is 4.31 Å². The van der Waals surface area contributed by atoms with Gasteiger partial charge in [-0.25, -0.2) is 13.0 Å². The third-order valence-electron chi connectivity index (χ3n) is 3.85. The lowest BCUT2D eigenvalue weighted by Crippen LogP contribution is -2.32. The average Bonchev–Trinajstić information content (AvgIpc) is 3.28. The fraction of sp³-hybridized carbons (Fsp3) is 0.267. The lowest BCUT2D eigenvalue weighted by atomic mass is 10.3. The minimum atomic E-state index is -3.69. The molecule has 7 nitrogen and oxygen atoms in total. The van der Waals surface area contributed by atoms with E-state index in [2.05, 4.69) is 19.9 Å². The van der Waals surface area contributed by atoms with Crippen molar-refractivity contribution in [1.29, 1.82) is 0 Å². The van der Waals surface area contributed by atoms with Crippen molar-refractivity contribution in [2.45, 2.75) is 30.3 Å². The van der Waals surface area contributed by atoms with Crippen molar-refractivity contribution in [3.05, 3.63) is 48.3 Å². The van der Waals surface area contributed by atoms with Gasteiger partial charge in [0.2, 0.25) is 10.0 Å². The molecule has 1 aliphatic carbocycles. The molecular weight excluding hydrogens is 316 g/mol. The van der Waals surface area contributed by atoms with Gasteiger partial charge in [-0.15, -0.1) is 0 Å². The molecule has 2 heterocycles. The molecule has 1 aromatic carbocycles. The maximum atomic E-state index is 13.1. The van der Waals surface area contributed by atoms with E-state index in [-0.39, 0.29) is 16.5 Å². The third kappa shape index (κ3) is 2.60. The highest BCUT2D eigenvalue weighted by molar-refractivity contribution is 7.89. The van der Waals surface area contributed by atoms with Crippen molar-refractivity contribution in [1.82, 2.24) is 19.6 Å². The van der Waals surface area contributed by atoms with Crippen LogP contribution in [0.3, 0.4) is 0 Å². The second-order valence-corrected chi connectivity index (χ2v) is 7.39. The molecule has 0 spiro atoms. The highest BCUT2D eigenvalue weighted by Gasteiger charge is 2.39. The van der Waals surface area contributed by atoms with Gasteiger partial charge in [0, 0.05) is 25.0 Å². The number of pyridine rings is 1. The molecule has 0 atom stereocenters. The van der Waals surface area contributed by atoms with Crippen LogP contribution in [0.4, 0.5) is 0 Å². The van der Waals surface area contributed by atoms with E-state index in [0.29, 0.717) is 12.1 Å². The number of hydrogen-bond donors (Lipinski definition) is 0. The summed E-state index contributed by atoms with van der Waals surface area (Å²) in [6, 6.07) is 8.56. The van der Waals surface area contributed by atoms with Gasteiger partial charge >= 0.3 is 0 Å². The monoisotopic (exact) mass is 330 g/mol. The standard InChI is InChI=1S/C15H14N4O3S/c20-23(21,14-5-1-4-13-15(14)18-22-17-13)19(12-6-7-12)10-11-3-2-8-16-9-11/h1-5,8-9,12H,6-7,10H2. The van der Waals surface area contributed by atoms with Gasteiger partial charge in [0.15, 0.2) is 5.52 Å². The molecule has 0 radical (unpaired) electrons. The van der Waals surface area contributed by atoms with E-state index in [1.807, 2.05) is 6.07 Å². The van der Waals surface area contributed by atoms with Crippen LogP contribution >= 0.6 is 0 Å². The van der Waals surface area contributed by atoms with E-state index in [9.17, 15) is 8.42 Å². The first-order valence-electron chi connectivity index (χ1n) is 7.28. The highest BCUT2D eigenvalue weighted by Crippen LogP contribution is 2.34. The van der Waals surface area contributed by atoms with Gasteiger partial charge in [0.05, 0.1) is 0 Å². The third-order valence-corrected chi connectivity index (χ3v) is 5.78. The van der Waals surface area contributed by atoms with E-state index in [1.54, 1.807) is 36.7 Å². The second kappa shape index (κ2) is 5.39. The molecule has 3 aromatic rings. The molecule has 2 aromatic heterocycles. The Morgan fingerprint density at radius 1 is 1.17 bits per heavy atom. The van der Waals surface area contributed by atoms with Crippen molar-refractivity contribution in [3.63, 3.8) is 0 Å². The quantitative estimate of drug-likeness (QED) is 0.710. The Bertz CT molecular complexity index is 936. The first kappa shape index (κ1) is 14.3. The largest absolute Gasteiger partial charge is 0.264 e. The lowest BCUT2D eigenvalue weighted by Gasteiger charge is -2.21. The number of hydrogen-bond acceptors (Lipinski definition) is 6. The molecule has 1 aliphatic rings. The molecular formula is C15H14N4O3S. The van der Waals surface area contributed by atoms with E-state index < -0.39 is 10.0 Å². The van der Waals surface area contributed by atoms with E-state index in [4.69, 9.17) is 0 Å². The Kier molecular flexibility index (Phi) is 3.35. The number of fused-ring (bicyclic) bond motifs is 1. The number of aromatic nitrogens is 3. The smallest absolute Gasteiger partial charge is 0.245 e. The second-order valence-electron chi connectivity index (χ2n) is 5.53. The van der Waals surface area contributed by atoms with E-state index in [1.165, 1.54) is 4.31 Å². The zero-order valence-corrected chi connectivity index (χ0v) is 13.0. The van der Waals surface area contributed by atoms with Crippen LogP contribution in [0, 0.1) is 0 Å². The Hall–Kier alpha value is -2.32. The Morgan fingerprint density at radius 2 is 2.04 bits per heavy atom. The van der Waals surface area contributed by atoms with Crippen molar-refractivity contribution in [2.75, 3.05) is 0 Å². The number of sulfonamides is 1. The summed E-state index contributed by atoms with van der Waals surface area (Å²) >= 11 is 0. The fourth-order valence-electron chi connectivity index (χ4n) is 2.56. The van der Waals surface area contributed by atoms with Crippen molar-refractivity contribution in [3.8, 4) is 0 Å². The van der Waals surface area contributed by atoms with Crippen LogP contribution < -0.4 is 0 Å². The number of nitrogens with zero attached hydrogens (tertiary/aromatic N) is 4. The molecule has 0 aliphatic heterocycles. The average molecular weight is 330 g/mol. The molecule has 0 saturated heterocycles.